The van der Waals surface area contributed by atoms with E-state index in [1.54, 1.807) is 0 Å². The van der Waals surface area contributed by atoms with E-state index < -0.39 is 5.79 Å². The second-order valence-electron chi connectivity index (χ2n) is 7.36. The van der Waals surface area contributed by atoms with E-state index in [9.17, 15) is 4.79 Å². The van der Waals surface area contributed by atoms with Crippen LogP contribution in [0.25, 0.3) is 0 Å². The van der Waals surface area contributed by atoms with Gasteiger partial charge in [0.15, 0.2) is 5.79 Å². The largest absolute Gasteiger partial charge is 0.347 e. The molecule has 3 aliphatic rings. The summed E-state index contributed by atoms with van der Waals surface area (Å²) in [7, 11) is 0. The molecule has 2 saturated heterocycles. The summed E-state index contributed by atoms with van der Waals surface area (Å²) < 4.78 is 11.5. The molecule has 4 nitrogen and oxygen atoms in total. The monoisotopic (exact) mass is 329 g/mol. The summed E-state index contributed by atoms with van der Waals surface area (Å²) in [5.74, 6) is 0.411. The number of carbonyl (C=O) groups is 1. The maximum atomic E-state index is 12.7. The molecule has 0 bridgehead atoms. The third-order valence-electron chi connectivity index (χ3n) is 5.86. The van der Waals surface area contributed by atoms with Gasteiger partial charge in [0.25, 0.3) is 5.91 Å². The van der Waals surface area contributed by atoms with Gasteiger partial charge in [-0.05, 0) is 36.5 Å². The van der Waals surface area contributed by atoms with Crippen molar-refractivity contribution in [2.24, 2.45) is 0 Å². The minimum absolute atomic E-state index is 0.137. The Morgan fingerprint density at radius 3 is 2.21 bits per heavy atom. The smallest absolute Gasteiger partial charge is 0.253 e. The first kappa shape index (κ1) is 16.1. The molecule has 130 valence electrons. The van der Waals surface area contributed by atoms with Gasteiger partial charge in [-0.1, -0.05) is 31.4 Å². The van der Waals surface area contributed by atoms with Crippen LogP contribution in [0.1, 0.15) is 66.8 Å². The molecule has 1 aromatic rings. The standard InChI is InChI=1S/C20H27NO3/c22-19(21-12-10-20(11-13-21)23-14-15-24-20)18-8-6-17(7-9-18)16-4-2-1-3-5-16/h6-9,16H,1-5,10-15H2. The Labute approximate surface area is 144 Å². The summed E-state index contributed by atoms with van der Waals surface area (Å²) in [5, 5.41) is 0. The first-order valence-electron chi connectivity index (χ1n) is 9.43. The van der Waals surface area contributed by atoms with Gasteiger partial charge in [0.05, 0.1) is 13.2 Å². The van der Waals surface area contributed by atoms with Crippen molar-refractivity contribution in [1.29, 1.82) is 0 Å². The highest BCUT2D eigenvalue weighted by Gasteiger charge is 2.40. The SMILES string of the molecule is O=C(c1ccc(C2CCCCC2)cc1)N1CCC2(CC1)OCCO2. The molecule has 1 saturated carbocycles. The summed E-state index contributed by atoms with van der Waals surface area (Å²) >= 11 is 0. The number of carbonyl (C=O) groups excluding carboxylic acids is 1. The highest BCUT2D eigenvalue weighted by molar-refractivity contribution is 5.94. The number of hydrogen-bond donors (Lipinski definition) is 0. The van der Waals surface area contributed by atoms with Crippen molar-refractivity contribution in [3.63, 3.8) is 0 Å². The van der Waals surface area contributed by atoms with Gasteiger partial charge in [-0.3, -0.25) is 4.79 Å². The average Bonchev–Trinajstić information content (AvgIpc) is 3.11. The average molecular weight is 329 g/mol. The molecule has 4 heteroatoms. The third kappa shape index (κ3) is 3.22. The topological polar surface area (TPSA) is 38.8 Å². The van der Waals surface area contributed by atoms with Gasteiger partial charge in [-0.25, -0.2) is 0 Å². The van der Waals surface area contributed by atoms with Crippen LogP contribution in [0.4, 0.5) is 0 Å². The van der Waals surface area contributed by atoms with Crippen LogP contribution >= 0.6 is 0 Å². The number of hydrogen-bond acceptors (Lipinski definition) is 3. The maximum Gasteiger partial charge on any atom is 0.253 e. The number of likely N-dealkylation sites (tertiary alicyclic amines) is 1. The van der Waals surface area contributed by atoms with E-state index in [0.29, 0.717) is 32.2 Å². The molecule has 1 aromatic carbocycles. The normalized spacial score (nSPS) is 24.4. The molecule has 0 N–H and O–H groups in total. The Hall–Kier alpha value is -1.39. The Morgan fingerprint density at radius 1 is 0.958 bits per heavy atom. The summed E-state index contributed by atoms with van der Waals surface area (Å²) in [6.07, 6.45) is 8.19. The number of rotatable bonds is 2. The van der Waals surface area contributed by atoms with Crippen molar-refractivity contribution in [2.45, 2.75) is 56.7 Å². The van der Waals surface area contributed by atoms with Crippen LogP contribution in [0.3, 0.4) is 0 Å². The van der Waals surface area contributed by atoms with Crippen LogP contribution in [-0.4, -0.2) is 42.9 Å². The Morgan fingerprint density at radius 2 is 1.58 bits per heavy atom. The van der Waals surface area contributed by atoms with Crippen LogP contribution in [0.5, 0.6) is 0 Å². The minimum atomic E-state index is -0.415. The van der Waals surface area contributed by atoms with Crippen molar-refractivity contribution in [3.05, 3.63) is 35.4 Å². The van der Waals surface area contributed by atoms with Gasteiger partial charge in [-0.15, -0.1) is 0 Å². The first-order valence-corrected chi connectivity index (χ1v) is 9.43. The van der Waals surface area contributed by atoms with Gasteiger partial charge in [0, 0.05) is 31.5 Å². The molecule has 3 fully saturated rings. The quantitative estimate of drug-likeness (QED) is 0.830. The fourth-order valence-electron chi connectivity index (χ4n) is 4.35. The van der Waals surface area contributed by atoms with E-state index in [2.05, 4.69) is 12.1 Å². The fraction of sp³-hybridized carbons (Fsp3) is 0.650. The van der Waals surface area contributed by atoms with Crippen molar-refractivity contribution < 1.29 is 14.3 Å². The molecule has 4 rings (SSSR count). The lowest BCUT2D eigenvalue weighted by Gasteiger charge is -2.37. The molecular formula is C20H27NO3. The lowest BCUT2D eigenvalue weighted by atomic mass is 9.84. The molecule has 0 radical (unpaired) electrons. The Bertz CT molecular complexity index is 561. The zero-order valence-electron chi connectivity index (χ0n) is 14.3. The van der Waals surface area contributed by atoms with Crippen LogP contribution in [0, 0.1) is 0 Å². The van der Waals surface area contributed by atoms with Crippen LogP contribution in [0.15, 0.2) is 24.3 Å². The maximum absolute atomic E-state index is 12.7. The van der Waals surface area contributed by atoms with Gasteiger partial charge < -0.3 is 14.4 Å². The van der Waals surface area contributed by atoms with Crippen molar-refractivity contribution in [3.8, 4) is 0 Å². The van der Waals surface area contributed by atoms with Gasteiger partial charge >= 0.3 is 0 Å². The first-order chi connectivity index (χ1) is 11.8. The van der Waals surface area contributed by atoms with E-state index in [0.717, 1.165) is 18.4 Å². The number of ether oxygens (including phenoxy) is 2. The fourth-order valence-corrected chi connectivity index (χ4v) is 4.35. The van der Waals surface area contributed by atoms with E-state index in [1.807, 2.05) is 17.0 Å². The van der Waals surface area contributed by atoms with Crippen LogP contribution < -0.4 is 0 Å². The molecule has 2 heterocycles. The molecule has 1 spiro atoms. The Balaban J connectivity index is 1.37. The molecule has 1 amide bonds. The number of piperidine rings is 1. The molecular weight excluding hydrogens is 302 g/mol. The highest BCUT2D eigenvalue weighted by Crippen LogP contribution is 2.34. The lowest BCUT2D eigenvalue weighted by molar-refractivity contribution is -0.181. The molecule has 0 atom stereocenters. The predicted octanol–water partition coefficient (Wildman–Crippen LogP) is 3.71. The van der Waals surface area contributed by atoms with E-state index in [-0.39, 0.29) is 5.91 Å². The van der Waals surface area contributed by atoms with E-state index in [4.69, 9.17) is 9.47 Å². The number of amides is 1. The van der Waals surface area contributed by atoms with Crippen molar-refractivity contribution in [2.75, 3.05) is 26.3 Å². The molecule has 24 heavy (non-hydrogen) atoms. The zero-order chi connectivity index (χ0) is 16.4. The molecule has 0 aromatic heterocycles. The van der Waals surface area contributed by atoms with Crippen molar-refractivity contribution >= 4 is 5.91 Å². The molecule has 0 unspecified atom stereocenters. The van der Waals surface area contributed by atoms with E-state index in [1.165, 1.54) is 37.7 Å². The predicted molar refractivity (Wildman–Crippen MR) is 92.0 cm³/mol. The van der Waals surface area contributed by atoms with Crippen LogP contribution in [-0.2, 0) is 9.47 Å². The van der Waals surface area contributed by atoms with Gasteiger partial charge in [0.1, 0.15) is 0 Å². The second kappa shape index (κ2) is 6.85. The zero-order valence-corrected chi connectivity index (χ0v) is 14.3. The summed E-state index contributed by atoms with van der Waals surface area (Å²) in [5.41, 5.74) is 2.20. The number of benzene rings is 1. The number of nitrogens with zero attached hydrogens (tertiary/aromatic N) is 1. The molecule has 2 aliphatic heterocycles. The summed E-state index contributed by atoms with van der Waals surface area (Å²) in [4.78, 5) is 14.7. The van der Waals surface area contributed by atoms with Gasteiger partial charge in [0.2, 0.25) is 0 Å². The van der Waals surface area contributed by atoms with Crippen molar-refractivity contribution in [1.82, 2.24) is 4.90 Å². The highest BCUT2D eigenvalue weighted by atomic mass is 16.7. The molecule has 1 aliphatic carbocycles. The van der Waals surface area contributed by atoms with E-state index >= 15 is 0 Å². The third-order valence-corrected chi connectivity index (χ3v) is 5.86. The summed E-state index contributed by atoms with van der Waals surface area (Å²) in [6.45, 7) is 2.78. The second-order valence-corrected chi connectivity index (χ2v) is 7.36. The Kier molecular flexibility index (Phi) is 4.59. The van der Waals surface area contributed by atoms with Gasteiger partial charge in [-0.2, -0.15) is 0 Å². The minimum Gasteiger partial charge on any atom is -0.347 e. The van der Waals surface area contributed by atoms with Crippen LogP contribution in [0.2, 0.25) is 0 Å². The lowest BCUT2D eigenvalue weighted by Crippen LogP contribution is -2.47. The summed E-state index contributed by atoms with van der Waals surface area (Å²) in [6, 6.07) is 8.36.